The number of benzene rings is 2. The highest BCUT2D eigenvalue weighted by atomic mass is 79.9. The molecule has 114 valence electrons. The summed E-state index contributed by atoms with van der Waals surface area (Å²) in [6.07, 6.45) is 1.40. The van der Waals surface area contributed by atoms with Crippen molar-refractivity contribution in [2.24, 2.45) is 5.10 Å². The van der Waals surface area contributed by atoms with Crippen LogP contribution in [0.4, 0.5) is 0 Å². The number of nitrogens with zero attached hydrogens (tertiary/aromatic N) is 1. The zero-order valence-electron chi connectivity index (χ0n) is 11.4. The van der Waals surface area contributed by atoms with E-state index in [1.807, 2.05) is 0 Å². The number of carbonyl (C=O) groups is 1. The zero-order chi connectivity index (χ0) is 16.1. The number of methoxy groups -OCH3 is 1. The van der Waals surface area contributed by atoms with Gasteiger partial charge in [-0.3, -0.25) is 4.79 Å². The Hall–Kier alpha value is -1.56. The van der Waals surface area contributed by atoms with Gasteiger partial charge < -0.3 is 4.74 Å². The number of carbonyl (C=O) groups excluding carboxylic acids is 1. The SMILES string of the molecule is COc1ccc(C(=O)N/N=C/c2c(Cl)cccc2Cl)cc1Br. The Morgan fingerprint density at radius 1 is 1.27 bits per heavy atom. The van der Waals surface area contributed by atoms with Crippen molar-refractivity contribution in [1.82, 2.24) is 5.43 Å². The quantitative estimate of drug-likeness (QED) is 0.604. The van der Waals surface area contributed by atoms with Crippen LogP contribution in [0.15, 0.2) is 46.0 Å². The van der Waals surface area contributed by atoms with Crippen LogP contribution in [-0.2, 0) is 0 Å². The number of halogens is 3. The lowest BCUT2D eigenvalue weighted by Gasteiger charge is -2.05. The predicted molar refractivity (Wildman–Crippen MR) is 92.2 cm³/mol. The van der Waals surface area contributed by atoms with E-state index >= 15 is 0 Å². The van der Waals surface area contributed by atoms with Crippen molar-refractivity contribution in [2.75, 3.05) is 7.11 Å². The molecule has 0 atom stereocenters. The largest absolute Gasteiger partial charge is 0.496 e. The Morgan fingerprint density at radius 3 is 2.55 bits per heavy atom. The van der Waals surface area contributed by atoms with E-state index < -0.39 is 0 Å². The second kappa shape index (κ2) is 7.63. The lowest BCUT2D eigenvalue weighted by Crippen LogP contribution is -2.17. The van der Waals surface area contributed by atoms with Gasteiger partial charge >= 0.3 is 0 Å². The molecule has 4 nitrogen and oxygen atoms in total. The highest BCUT2D eigenvalue weighted by Gasteiger charge is 2.08. The van der Waals surface area contributed by atoms with E-state index in [9.17, 15) is 4.79 Å². The first kappa shape index (κ1) is 16.8. The summed E-state index contributed by atoms with van der Waals surface area (Å²) in [5, 5.41) is 4.78. The van der Waals surface area contributed by atoms with Gasteiger partial charge in [0.2, 0.25) is 0 Å². The third-order valence-corrected chi connectivity index (χ3v) is 4.05. The maximum absolute atomic E-state index is 12.0. The lowest BCUT2D eigenvalue weighted by molar-refractivity contribution is 0.0955. The number of ether oxygens (including phenoxy) is 1. The molecule has 1 amide bonds. The average Bonchev–Trinajstić information content (AvgIpc) is 2.50. The minimum absolute atomic E-state index is 0.359. The second-order valence-corrected chi connectivity index (χ2v) is 5.85. The number of hydrazone groups is 1. The highest BCUT2D eigenvalue weighted by molar-refractivity contribution is 9.10. The number of amides is 1. The Morgan fingerprint density at radius 2 is 1.95 bits per heavy atom. The van der Waals surface area contributed by atoms with E-state index in [4.69, 9.17) is 27.9 Å². The molecule has 0 radical (unpaired) electrons. The van der Waals surface area contributed by atoms with Crippen LogP contribution in [-0.4, -0.2) is 19.2 Å². The van der Waals surface area contributed by atoms with Crippen LogP contribution in [0, 0.1) is 0 Å². The van der Waals surface area contributed by atoms with Gasteiger partial charge in [0.25, 0.3) is 5.91 Å². The molecule has 0 aliphatic carbocycles. The van der Waals surface area contributed by atoms with Crippen molar-refractivity contribution in [2.45, 2.75) is 0 Å². The van der Waals surface area contributed by atoms with Gasteiger partial charge in [-0.25, -0.2) is 5.43 Å². The average molecular weight is 402 g/mol. The second-order valence-electron chi connectivity index (χ2n) is 4.18. The molecule has 0 bridgehead atoms. The smallest absolute Gasteiger partial charge is 0.271 e. The van der Waals surface area contributed by atoms with Gasteiger partial charge in [0, 0.05) is 11.1 Å². The third-order valence-electron chi connectivity index (χ3n) is 2.77. The first-order chi connectivity index (χ1) is 10.5. The van der Waals surface area contributed by atoms with E-state index in [1.54, 1.807) is 43.5 Å². The van der Waals surface area contributed by atoms with Crippen molar-refractivity contribution in [3.63, 3.8) is 0 Å². The summed E-state index contributed by atoms with van der Waals surface area (Å²) in [6, 6.07) is 10.1. The number of rotatable bonds is 4. The zero-order valence-corrected chi connectivity index (χ0v) is 14.5. The maximum atomic E-state index is 12.0. The fourth-order valence-electron chi connectivity index (χ4n) is 1.66. The van der Waals surface area contributed by atoms with E-state index in [1.165, 1.54) is 6.21 Å². The molecule has 0 aliphatic heterocycles. The normalized spacial score (nSPS) is 10.7. The third kappa shape index (κ3) is 4.00. The summed E-state index contributed by atoms with van der Waals surface area (Å²) in [6.45, 7) is 0. The van der Waals surface area contributed by atoms with E-state index in [2.05, 4.69) is 26.5 Å². The van der Waals surface area contributed by atoms with Crippen LogP contribution < -0.4 is 10.2 Å². The Bertz CT molecular complexity index is 715. The summed E-state index contributed by atoms with van der Waals surface area (Å²) in [5.74, 6) is 0.283. The molecular weight excluding hydrogens is 391 g/mol. The molecular formula is C15H11BrCl2N2O2. The molecule has 1 N–H and O–H groups in total. The van der Waals surface area contributed by atoms with Crippen molar-refractivity contribution in [3.8, 4) is 5.75 Å². The standard InChI is InChI=1S/C15H11BrCl2N2O2/c1-22-14-6-5-9(7-11(14)16)15(21)20-19-8-10-12(17)3-2-4-13(10)18/h2-8H,1H3,(H,20,21)/b19-8+. The molecule has 0 saturated carbocycles. The molecule has 2 aromatic carbocycles. The fourth-order valence-corrected chi connectivity index (χ4v) is 2.70. The molecule has 0 heterocycles. The molecule has 0 aliphatic rings. The van der Waals surface area contributed by atoms with Crippen LogP contribution >= 0.6 is 39.1 Å². The van der Waals surface area contributed by atoms with Gasteiger partial charge in [-0.15, -0.1) is 0 Å². The lowest BCUT2D eigenvalue weighted by atomic mass is 10.2. The van der Waals surface area contributed by atoms with Gasteiger partial charge in [0.05, 0.1) is 27.8 Å². The summed E-state index contributed by atoms with van der Waals surface area (Å²) in [7, 11) is 1.55. The molecule has 0 spiro atoms. The number of nitrogens with one attached hydrogen (secondary N) is 1. The van der Waals surface area contributed by atoms with Gasteiger partial charge in [-0.05, 0) is 46.3 Å². The van der Waals surface area contributed by atoms with Crippen LogP contribution in [0.1, 0.15) is 15.9 Å². The highest BCUT2D eigenvalue weighted by Crippen LogP contribution is 2.25. The molecule has 2 rings (SSSR count). The number of hydrogen-bond donors (Lipinski definition) is 1. The summed E-state index contributed by atoms with van der Waals surface area (Å²) in [4.78, 5) is 12.0. The minimum atomic E-state index is -0.359. The first-order valence-electron chi connectivity index (χ1n) is 6.14. The molecule has 0 aromatic heterocycles. The van der Waals surface area contributed by atoms with Gasteiger partial charge in [0.15, 0.2) is 0 Å². The summed E-state index contributed by atoms with van der Waals surface area (Å²) in [5.41, 5.74) is 3.40. The Balaban J connectivity index is 2.10. The molecule has 2 aromatic rings. The van der Waals surface area contributed by atoms with Crippen molar-refractivity contribution < 1.29 is 9.53 Å². The Labute approximate surface area is 146 Å². The fraction of sp³-hybridized carbons (Fsp3) is 0.0667. The molecule has 7 heteroatoms. The number of hydrogen-bond acceptors (Lipinski definition) is 3. The predicted octanol–water partition coefficient (Wildman–Crippen LogP) is 4.53. The van der Waals surface area contributed by atoms with Crippen molar-refractivity contribution >= 4 is 51.3 Å². The summed E-state index contributed by atoms with van der Waals surface area (Å²) < 4.78 is 5.79. The van der Waals surface area contributed by atoms with Crippen LogP contribution in [0.5, 0.6) is 5.75 Å². The summed E-state index contributed by atoms with van der Waals surface area (Å²) >= 11 is 15.3. The minimum Gasteiger partial charge on any atom is -0.496 e. The molecule has 0 saturated heterocycles. The van der Waals surface area contributed by atoms with Crippen molar-refractivity contribution in [1.29, 1.82) is 0 Å². The van der Waals surface area contributed by atoms with E-state index in [0.717, 1.165) is 0 Å². The molecule has 0 fully saturated rings. The van der Waals surface area contributed by atoms with Gasteiger partial charge in [0.1, 0.15) is 5.75 Å². The maximum Gasteiger partial charge on any atom is 0.271 e. The van der Waals surface area contributed by atoms with Crippen molar-refractivity contribution in [3.05, 3.63) is 62.0 Å². The van der Waals surface area contributed by atoms with Crippen LogP contribution in [0.25, 0.3) is 0 Å². The topological polar surface area (TPSA) is 50.7 Å². The van der Waals surface area contributed by atoms with E-state index in [0.29, 0.717) is 31.4 Å². The Kier molecular flexibility index (Phi) is 5.83. The molecule has 0 unspecified atom stereocenters. The van der Waals surface area contributed by atoms with Crippen LogP contribution in [0.2, 0.25) is 10.0 Å². The van der Waals surface area contributed by atoms with E-state index in [-0.39, 0.29) is 5.91 Å². The van der Waals surface area contributed by atoms with Crippen LogP contribution in [0.3, 0.4) is 0 Å². The van der Waals surface area contributed by atoms with Gasteiger partial charge in [-0.1, -0.05) is 29.3 Å². The van der Waals surface area contributed by atoms with Gasteiger partial charge in [-0.2, -0.15) is 5.10 Å². The first-order valence-corrected chi connectivity index (χ1v) is 7.68. The monoisotopic (exact) mass is 400 g/mol. The molecule has 22 heavy (non-hydrogen) atoms.